The van der Waals surface area contributed by atoms with Gasteiger partial charge in [-0.25, -0.2) is 4.98 Å². The van der Waals surface area contributed by atoms with Crippen LogP contribution in [0.5, 0.6) is 0 Å². The molecular formula is C7H7N3. The molecule has 3 heteroatoms. The molecule has 0 unspecified atom stereocenters. The maximum Gasteiger partial charge on any atom is 0.151 e. The normalized spacial score (nSPS) is 13.2. The van der Waals surface area contributed by atoms with Crippen LogP contribution < -0.4 is 10.9 Å². The van der Waals surface area contributed by atoms with Gasteiger partial charge in [-0.15, -0.1) is 0 Å². The molecule has 50 valence electrons. The summed E-state index contributed by atoms with van der Waals surface area (Å²) in [7, 11) is 0. The van der Waals surface area contributed by atoms with Gasteiger partial charge in [-0.3, -0.25) is 5.43 Å². The first-order valence-corrected chi connectivity index (χ1v) is 3.10. The first-order chi connectivity index (χ1) is 4.97. The van der Waals surface area contributed by atoms with E-state index >= 15 is 0 Å². The second-order valence-corrected chi connectivity index (χ2v) is 2.04. The molecule has 2 N–H and O–H groups in total. The monoisotopic (exact) mass is 133 g/mol. The average Bonchev–Trinajstić information content (AvgIpc) is 2.05. The number of fused-ring (bicyclic) bond motifs is 1. The third-order valence-corrected chi connectivity index (χ3v) is 1.38. The van der Waals surface area contributed by atoms with Gasteiger partial charge in [0.15, 0.2) is 5.82 Å². The predicted molar refractivity (Wildman–Crippen MR) is 40.0 cm³/mol. The average molecular weight is 133 g/mol. The third-order valence-electron chi connectivity index (χ3n) is 1.38. The molecule has 0 aromatic carbocycles. The first kappa shape index (κ1) is 5.29. The highest BCUT2D eigenvalue weighted by Crippen LogP contribution is 2.13. The summed E-state index contributed by atoms with van der Waals surface area (Å²) in [5.74, 6) is 0.880. The van der Waals surface area contributed by atoms with Crippen LogP contribution in [0.2, 0.25) is 0 Å². The van der Waals surface area contributed by atoms with Crippen LogP contribution in [0, 0.1) is 0 Å². The van der Waals surface area contributed by atoms with Gasteiger partial charge in [0.25, 0.3) is 0 Å². The zero-order valence-electron chi connectivity index (χ0n) is 5.33. The van der Waals surface area contributed by atoms with Gasteiger partial charge < -0.3 is 5.43 Å². The smallest absolute Gasteiger partial charge is 0.151 e. The Kier molecular flexibility index (Phi) is 1.07. The molecule has 2 heterocycles. The summed E-state index contributed by atoms with van der Waals surface area (Å²) in [6.45, 7) is 0. The zero-order chi connectivity index (χ0) is 6.81. The van der Waals surface area contributed by atoms with Gasteiger partial charge in [-0.1, -0.05) is 0 Å². The third kappa shape index (κ3) is 0.719. The molecule has 0 amide bonds. The minimum Gasteiger partial charge on any atom is -0.307 e. The van der Waals surface area contributed by atoms with Crippen LogP contribution in [-0.2, 0) is 0 Å². The minimum absolute atomic E-state index is 0.880. The van der Waals surface area contributed by atoms with Gasteiger partial charge >= 0.3 is 0 Å². The molecule has 1 aromatic rings. The number of nitrogens with zero attached hydrogens (tertiary/aromatic N) is 1. The quantitative estimate of drug-likeness (QED) is 0.554. The molecule has 1 aliphatic heterocycles. The fourth-order valence-corrected chi connectivity index (χ4v) is 0.898. The Labute approximate surface area is 58.8 Å². The Morgan fingerprint density at radius 1 is 1.40 bits per heavy atom. The summed E-state index contributed by atoms with van der Waals surface area (Å²) < 4.78 is 0. The summed E-state index contributed by atoms with van der Waals surface area (Å²) in [4.78, 5) is 4.09. The standard InChI is InChI=1S/C7H7N3/c1-2-6-3-5-9-10-7(6)8-4-1/h1-5,9H,(H,8,10). The van der Waals surface area contributed by atoms with Crippen molar-refractivity contribution < 1.29 is 0 Å². The van der Waals surface area contributed by atoms with Gasteiger partial charge in [-0.2, -0.15) is 0 Å². The lowest BCUT2D eigenvalue weighted by molar-refractivity contribution is 1.02. The highest BCUT2D eigenvalue weighted by Gasteiger charge is 2.00. The van der Waals surface area contributed by atoms with Crippen molar-refractivity contribution in [2.75, 3.05) is 5.43 Å². The Hall–Kier alpha value is -1.51. The van der Waals surface area contributed by atoms with E-state index in [0.717, 1.165) is 11.4 Å². The number of hydrogen-bond donors (Lipinski definition) is 2. The Bertz CT molecular complexity index is 267. The zero-order valence-corrected chi connectivity index (χ0v) is 5.33. The molecule has 0 saturated carbocycles. The largest absolute Gasteiger partial charge is 0.307 e. The van der Waals surface area contributed by atoms with Crippen molar-refractivity contribution in [3.63, 3.8) is 0 Å². The fourth-order valence-electron chi connectivity index (χ4n) is 0.898. The molecule has 1 aliphatic rings. The van der Waals surface area contributed by atoms with E-state index in [1.54, 1.807) is 6.20 Å². The molecular weight excluding hydrogens is 126 g/mol. The van der Waals surface area contributed by atoms with Crippen molar-refractivity contribution >= 4 is 11.9 Å². The second-order valence-electron chi connectivity index (χ2n) is 2.04. The van der Waals surface area contributed by atoms with E-state index in [4.69, 9.17) is 0 Å². The van der Waals surface area contributed by atoms with Gasteiger partial charge in [0.1, 0.15) is 0 Å². The molecule has 10 heavy (non-hydrogen) atoms. The lowest BCUT2D eigenvalue weighted by Crippen LogP contribution is -2.18. The van der Waals surface area contributed by atoms with E-state index < -0.39 is 0 Å². The van der Waals surface area contributed by atoms with Gasteiger partial charge in [0.2, 0.25) is 0 Å². The van der Waals surface area contributed by atoms with E-state index in [0.29, 0.717) is 0 Å². The van der Waals surface area contributed by atoms with E-state index in [1.165, 1.54) is 0 Å². The number of hydrogen-bond acceptors (Lipinski definition) is 3. The summed E-state index contributed by atoms with van der Waals surface area (Å²) >= 11 is 0. The van der Waals surface area contributed by atoms with E-state index in [-0.39, 0.29) is 0 Å². The summed E-state index contributed by atoms with van der Waals surface area (Å²) in [6, 6.07) is 3.92. The van der Waals surface area contributed by atoms with Crippen LogP contribution in [0.3, 0.4) is 0 Å². The topological polar surface area (TPSA) is 37.0 Å². The maximum absolute atomic E-state index is 4.09. The van der Waals surface area contributed by atoms with Crippen molar-refractivity contribution in [3.8, 4) is 0 Å². The van der Waals surface area contributed by atoms with Crippen molar-refractivity contribution in [3.05, 3.63) is 30.1 Å². The summed E-state index contributed by atoms with van der Waals surface area (Å²) in [6.07, 6.45) is 5.56. The van der Waals surface area contributed by atoms with Crippen LogP contribution in [0.4, 0.5) is 5.82 Å². The van der Waals surface area contributed by atoms with Gasteiger partial charge in [0.05, 0.1) is 0 Å². The Morgan fingerprint density at radius 3 is 3.30 bits per heavy atom. The SMILES string of the molecule is C1=Cc2cccnc2NN1. The van der Waals surface area contributed by atoms with Crippen LogP contribution in [0.15, 0.2) is 24.5 Å². The minimum atomic E-state index is 0.880. The summed E-state index contributed by atoms with van der Waals surface area (Å²) in [5, 5.41) is 0. The summed E-state index contributed by atoms with van der Waals surface area (Å²) in [5.41, 5.74) is 6.87. The second kappa shape index (κ2) is 2.02. The van der Waals surface area contributed by atoms with Crippen molar-refractivity contribution in [1.29, 1.82) is 0 Å². The van der Waals surface area contributed by atoms with Gasteiger partial charge in [-0.05, 0) is 18.2 Å². The highest BCUT2D eigenvalue weighted by molar-refractivity contribution is 5.64. The number of rotatable bonds is 0. The first-order valence-electron chi connectivity index (χ1n) is 3.10. The lowest BCUT2D eigenvalue weighted by atomic mass is 10.2. The molecule has 0 bridgehead atoms. The Balaban J connectivity index is 2.54. The molecule has 0 atom stereocenters. The number of aromatic nitrogens is 1. The molecule has 0 spiro atoms. The van der Waals surface area contributed by atoms with Crippen molar-refractivity contribution in [1.82, 2.24) is 10.4 Å². The number of nitrogens with one attached hydrogen (secondary N) is 2. The molecule has 2 rings (SSSR count). The molecule has 1 aromatic heterocycles. The molecule has 0 radical (unpaired) electrons. The lowest BCUT2D eigenvalue weighted by Gasteiger charge is -2.11. The fraction of sp³-hybridized carbons (Fsp3) is 0. The van der Waals surface area contributed by atoms with E-state index in [1.807, 2.05) is 24.4 Å². The van der Waals surface area contributed by atoms with Crippen LogP contribution in [0.25, 0.3) is 6.08 Å². The van der Waals surface area contributed by atoms with E-state index in [9.17, 15) is 0 Å². The highest BCUT2D eigenvalue weighted by atomic mass is 15.4. The van der Waals surface area contributed by atoms with Crippen molar-refractivity contribution in [2.45, 2.75) is 0 Å². The van der Waals surface area contributed by atoms with Crippen molar-refractivity contribution in [2.24, 2.45) is 0 Å². The number of anilines is 1. The predicted octanol–water partition coefficient (Wildman–Crippen LogP) is 0.982. The molecule has 0 saturated heterocycles. The Morgan fingerprint density at radius 2 is 2.40 bits per heavy atom. The van der Waals surface area contributed by atoms with Crippen LogP contribution in [0.1, 0.15) is 5.56 Å². The maximum atomic E-state index is 4.09. The number of pyridine rings is 1. The molecule has 3 nitrogen and oxygen atoms in total. The van der Waals surface area contributed by atoms with Gasteiger partial charge in [0, 0.05) is 18.0 Å². The molecule has 0 fully saturated rings. The number of hydrazine groups is 1. The van der Waals surface area contributed by atoms with E-state index in [2.05, 4.69) is 15.8 Å². The van der Waals surface area contributed by atoms with Crippen LogP contribution >= 0.6 is 0 Å². The van der Waals surface area contributed by atoms with Crippen LogP contribution in [-0.4, -0.2) is 4.98 Å². The molecule has 0 aliphatic carbocycles.